The van der Waals surface area contributed by atoms with E-state index in [1.165, 1.54) is 4.68 Å². The van der Waals surface area contributed by atoms with Gasteiger partial charge < -0.3 is 5.73 Å². The third kappa shape index (κ3) is 3.78. The Bertz CT molecular complexity index is 977. The fraction of sp³-hybridized carbons (Fsp3) is 0.105. The summed E-state index contributed by atoms with van der Waals surface area (Å²) >= 11 is 5.89. The minimum atomic E-state index is -0.483. The molecule has 0 bridgehead atoms. The summed E-state index contributed by atoms with van der Waals surface area (Å²) in [7, 11) is 0. The van der Waals surface area contributed by atoms with Gasteiger partial charge >= 0.3 is 0 Å². The maximum absolute atomic E-state index is 12.4. The third-order valence-electron chi connectivity index (χ3n) is 3.86. The molecule has 0 radical (unpaired) electrons. The van der Waals surface area contributed by atoms with Crippen molar-refractivity contribution in [2.24, 2.45) is 5.73 Å². The Morgan fingerprint density at radius 2 is 1.76 bits per heavy atom. The predicted molar refractivity (Wildman–Crippen MR) is 97.7 cm³/mol. The van der Waals surface area contributed by atoms with Gasteiger partial charge in [-0.3, -0.25) is 9.59 Å². The Labute approximate surface area is 149 Å². The van der Waals surface area contributed by atoms with E-state index in [2.05, 4.69) is 5.10 Å². The van der Waals surface area contributed by atoms with E-state index in [1.807, 2.05) is 12.1 Å². The Morgan fingerprint density at radius 3 is 2.36 bits per heavy atom. The van der Waals surface area contributed by atoms with Gasteiger partial charge in [-0.15, -0.1) is 0 Å². The number of aryl methyl sites for hydroxylation is 1. The van der Waals surface area contributed by atoms with Crippen LogP contribution in [0.1, 0.15) is 21.5 Å². The van der Waals surface area contributed by atoms with E-state index in [-0.39, 0.29) is 5.56 Å². The van der Waals surface area contributed by atoms with Crippen LogP contribution in [0.2, 0.25) is 5.02 Å². The molecule has 1 heterocycles. The predicted octanol–water partition coefficient (Wildman–Crippen LogP) is 3.02. The van der Waals surface area contributed by atoms with Crippen LogP contribution < -0.4 is 11.3 Å². The van der Waals surface area contributed by atoms with Crippen molar-refractivity contribution in [3.8, 4) is 11.3 Å². The van der Waals surface area contributed by atoms with Gasteiger partial charge in [0.1, 0.15) is 0 Å². The molecule has 0 spiro atoms. The van der Waals surface area contributed by atoms with E-state index >= 15 is 0 Å². The van der Waals surface area contributed by atoms with Crippen molar-refractivity contribution in [3.63, 3.8) is 0 Å². The average molecular weight is 354 g/mol. The highest BCUT2D eigenvalue weighted by Gasteiger charge is 2.09. The molecule has 6 heteroatoms. The van der Waals surface area contributed by atoms with Crippen molar-refractivity contribution in [2.45, 2.75) is 13.5 Å². The number of benzene rings is 2. The molecular weight excluding hydrogens is 338 g/mol. The van der Waals surface area contributed by atoms with Crippen LogP contribution in [0.15, 0.2) is 59.4 Å². The fourth-order valence-corrected chi connectivity index (χ4v) is 2.62. The highest BCUT2D eigenvalue weighted by molar-refractivity contribution is 6.30. The minimum absolute atomic E-state index is 0.146. The van der Waals surface area contributed by atoms with Gasteiger partial charge in [0, 0.05) is 21.7 Å². The largest absolute Gasteiger partial charge is 0.366 e. The van der Waals surface area contributed by atoms with Crippen molar-refractivity contribution in [2.75, 3.05) is 0 Å². The van der Waals surface area contributed by atoms with Crippen LogP contribution in [0.3, 0.4) is 0 Å². The number of halogens is 1. The number of carbonyl (C=O) groups is 1. The first-order valence-corrected chi connectivity index (χ1v) is 8.05. The van der Waals surface area contributed by atoms with Crippen LogP contribution in [-0.2, 0) is 6.54 Å². The molecule has 1 aromatic heterocycles. The zero-order chi connectivity index (χ0) is 18.0. The van der Waals surface area contributed by atoms with Crippen LogP contribution >= 0.6 is 11.6 Å². The second-order valence-electron chi connectivity index (χ2n) is 5.74. The topological polar surface area (TPSA) is 78.0 Å². The Balaban J connectivity index is 1.98. The van der Waals surface area contributed by atoms with E-state index in [1.54, 1.807) is 49.4 Å². The molecule has 0 fully saturated rings. The van der Waals surface area contributed by atoms with Crippen LogP contribution in [0.5, 0.6) is 0 Å². The van der Waals surface area contributed by atoms with Crippen LogP contribution in [0.4, 0.5) is 0 Å². The van der Waals surface area contributed by atoms with E-state index < -0.39 is 5.91 Å². The number of nitrogens with two attached hydrogens (primary N) is 1. The quantitative estimate of drug-likeness (QED) is 0.783. The molecule has 1 amide bonds. The maximum Gasteiger partial charge on any atom is 0.270 e. The first kappa shape index (κ1) is 16.9. The number of nitrogens with zero attached hydrogens (tertiary/aromatic N) is 2. The molecule has 0 aliphatic rings. The lowest BCUT2D eigenvalue weighted by molar-refractivity contribution is 0.100. The summed E-state index contributed by atoms with van der Waals surface area (Å²) in [6, 6.07) is 15.8. The second-order valence-corrected chi connectivity index (χ2v) is 6.18. The van der Waals surface area contributed by atoms with Gasteiger partial charge in [0.05, 0.1) is 12.2 Å². The SMILES string of the molecule is Cc1cc(-c2ccc(C(N)=O)cc2)nn(Cc2ccc(Cl)cc2)c1=O. The Morgan fingerprint density at radius 1 is 1.12 bits per heavy atom. The summed E-state index contributed by atoms with van der Waals surface area (Å²) in [6.45, 7) is 2.10. The zero-order valence-electron chi connectivity index (χ0n) is 13.6. The second kappa shape index (κ2) is 6.91. The van der Waals surface area contributed by atoms with Crippen LogP contribution in [0, 0.1) is 6.92 Å². The van der Waals surface area contributed by atoms with Gasteiger partial charge in [0.25, 0.3) is 5.56 Å². The molecule has 0 aliphatic heterocycles. The summed E-state index contributed by atoms with van der Waals surface area (Å²) in [5, 5.41) is 5.09. The van der Waals surface area contributed by atoms with E-state index in [4.69, 9.17) is 17.3 Å². The number of rotatable bonds is 4. The molecule has 25 heavy (non-hydrogen) atoms. The van der Waals surface area contributed by atoms with Gasteiger partial charge in [-0.05, 0) is 42.8 Å². The molecule has 0 atom stereocenters. The van der Waals surface area contributed by atoms with Crippen molar-refractivity contribution in [1.82, 2.24) is 9.78 Å². The van der Waals surface area contributed by atoms with E-state index in [0.29, 0.717) is 28.4 Å². The molecular formula is C19H16ClN3O2. The number of aromatic nitrogens is 2. The number of hydrogen-bond donors (Lipinski definition) is 1. The maximum atomic E-state index is 12.4. The lowest BCUT2D eigenvalue weighted by Gasteiger charge is -2.10. The fourth-order valence-electron chi connectivity index (χ4n) is 2.49. The standard InChI is InChI=1S/C19H16ClN3O2/c1-12-10-17(14-4-6-15(7-5-14)18(21)24)22-23(19(12)25)11-13-2-8-16(20)9-3-13/h2-10H,11H2,1H3,(H2,21,24). The highest BCUT2D eigenvalue weighted by Crippen LogP contribution is 2.18. The average Bonchev–Trinajstić information content (AvgIpc) is 2.60. The third-order valence-corrected chi connectivity index (χ3v) is 4.12. The Hall–Kier alpha value is -2.92. The molecule has 3 rings (SSSR count). The Kier molecular flexibility index (Phi) is 4.67. The van der Waals surface area contributed by atoms with Crippen molar-refractivity contribution < 1.29 is 4.79 Å². The molecule has 0 saturated carbocycles. The first-order chi connectivity index (χ1) is 11.9. The minimum Gasteiger partial charge on any atom is -0.366 e. The normalized spacial score (nSPS) is 10.6. The molecule has 0 aliphatic carbocycles. The number of carbonyl (C=O) groups excluding carboxylic acids is 1. The van der Waals surface area contributed by atoms with E-state index in [9.17, 15) is 9.59 Å². The molecule has 2 aromatic carbocycles. The lowest BCUT2D eigenvalue weighted by Crippen LogP contribution is -2.25. The summed E-state index contributed by atoms with van der Waals surface area (Å²) < 4.78 is 1.43. The first-order valence-electron chi connectivity index (χ1n) is 7.67. The molecule has 0 saturated heterocycles. The number of hydrogen-bond acceptors (Lipinski definition) is 3. The summed E-state index contributed by atoms with van der Waals surface area (Å²) in [5.74, 6) is -0.483. The van der Waals surface area contributed by atoms with E-state index in [0.717, 1.165) is 11.1 Å². The monoisotopic (exact) mass is 353 g/mol. The van der Waals surface area contributed by atoms with Crippen LogP contribution in [0.25, 0.3) is 11.3 Å². The summed E-state index contributed by atoms with van der Waals surface area (Å²) in [6.07, 6.45) is 0. The van der Waals surface area contributed by atoms with Gasteiger partial charge in [-0.1, -0.05) is 35.9 Å². The zero-order valence-corrected chi connectivity index (χ0v) is 14.3. The summed E-state index contributed by atoms with van der Waals surface area (Å²) in [5.41, 5.74) is 8.52. The van der Waals surface area contributed by atoms with Crippen LogP contribution in [-0.4, -0.2) is 15.7 Å². The van der Waals surface area contributed by atoms with Gasteiger partial charge in [-0.25, -0.2) is 4.68 Å². The van der Waals surface area contributed by atoms with Gasteiger partial charge in [-0.2, -0.15) is 5.10 Å². The smallest absolute Gasteiger partial charge is 0.270 e. The molecule has 126 valence electrons. The molecule has 5 nitrogen and oxygen atoms in total. The molecule has 3 aromatic rings. The highest BCUT2D eigenvalue weighted by atomic mass is 35.5. The summed E-state index contributed by atoms with van der Waals surface area (Å²) in [4.78, 5) is 23.6. The van der Waals surface area contributed by atoms with Crippen molar-refractivity contribution in [1.29, 1.82) is 0 Å². The molecule has 0 unspecified atom stereocenters. The number of amides is 1. The molecule has 2 N–H and O–H groups in total. The van der Waals surface area contributed by atoms with Gasteiger partial charge in [0.15, 0.2) is 0 Å². The lowest BCUT2D eigenvalue weighted by atomic mass is 10.1. The van der Waals surface area contributed by atoms with Gasteiger partial charge in [0.2, 0.25) is 5.91 Å². The van der Waals surface area contributed by atoms with Crippen molar-refractivity contribution in [3.05, 3.63) is 86.7 Å². The number of primary amides is 1. The van der Waals surface area contributed by atoms with Crippen molar-refractivity contribution >= 4 is 17.5 Å².